The molecule has 11 heteroatoms. The van der Waals surface area contributed by atoms with Gasteiger partial charge < -0.3 is 10.9 Å². The van der Waals surface area contributed by atoms with Crippen LogP contribution in [0.15, 0.2) is 45.3 Å². The van der Waals surface area contributed by atoms with Gasteiger partial charge in [-0.25, -0.2) is 0 Å². The summed E-state index contributed by atoms with van der Waals surface area (Å²) in [4.78, 5) is 51.5. The van der Waals surface area contributed by atoms with Gasteiger partial charge in [0, 0.05) is 15.4 Å². The van der Waals surface area contributed by atoms with Gasteiger partial charge in [0.05, 0.1) is 17.9 Å². The monoisotopic (exact) mass is 672 g/mol. The largest absolute Gasteiger partial charge is 1.00 e. The summed E-state index contributed by atoms with van der Waals surface area (Å²) in [5.74, 6) is -0.300. The summed E-state index contributed by atoms with van der Waals surface area (Å²) in [6.07, 6.45) is 6.41. The Morgan fingerprint density at radius 3 is 1.95 bits per heavy atom. The SMILES string of the molecule is CCCC1(C(=O)OC)Cc2ccc(Br)cc2C1.O=C1CCC2(Cc3ccc(Br)cc3C2)C(=O)N1.O=C=O.[NH2-].[Na+]. The first kappa shape index (κ1) is 35.4. The van der Waals surface area contributed by atoms with E-state index in [2.05, 4.69) is 68.4 Å². The van der Waals surface area contributed by atoms with Gasteiger partial charge in [0.25, 0.3) is 0 Å². The van der Waals surface area contributed by atoms with Crippen LogP contribution in [0.4, 0.5) is 0 Å². The van der Waals surface area contributed by atoms with E-state index in [-0.39, 0.29) is 70.5 Å². The van der Waals surface area contributed by atoms with Gasteiger partial charge >= 0.3 is 41.7 Å². The van der Waals surface area contributed by atoms with Crippen molar-refractivity contribution in [3.05, 3.63) is 73.7 Å². The summed E-state index contributed by atoms with van der Waals surface area (Å²) in [6.45, 7) is 2.11. The van der Waals surface area contributed by atoms with Crippen molar-refractivity contribution in [1.29, 1.82) is 0 Å². The minimum Gasteiger partial charge on any atom is -0.693 e. The van der Waals surface area contributed by atoms with Crippen molar-refractivity contribution < 1.29 is 58.3 Å². The zero-order valence-electron chi connectivity index (χ0n) is 22.4. The number of piperidine rings is 1. The summed E-state index contributed by atoms with van der Waals surface area (Å²) in [6, 6.07) is 12.4. The number of carbonyl (C=O) groups excluding carboxylic acids is 5. The van der Waals surface area contributed by atoms with E-state index in [0.29, 0.717) is 12.8 Å². The Kier molecular flexibility index (Phi) is 13.9. The smallest absolute Gasteiger partial charge is 0.693 e. The van der Waals surface area contributed by atoms with Gasteiger partial charge in [-0.3, -0.25) is 19.7 Å². The number of nitrogens with two attached hydrogens (primary N) is 1. The Morgan fingerprint density at radius 1 is 0.949 bits per heavy atom. The van der Waals surface area contributed by atoms with Crippen molar-refractivity contribution in [2.75, 3.05) is 7.11 Å². The van der Waals surface area contributed by atoms with Crippen molar-refractivity contribution in [2.45, 2.75) is 58.3 Å². The molecule has 0 radical (unpaired) electrons. The van der Waals surface area contributed by atoms with Crippen LogP contribution in [0.1, 0.15) is 54.9 Å². The molecule has 0 saturated carbocycles. The third-order valence-corrected chi connectivity index (χ3v) is 8.35. The van der Waals surface area contributed by atoms with Crippen LogP contribution in [0.25, 0.3) is 6.15 Å². The fourth-order valence-electron chi connectivity index (χ4n) is 5.69. The average Bonchev–Trinajstić information content (AvgIpc) is 3.41. The van der Waals surface area contributed by atoms with Crippen LogP contribution in [-0.2, 0) is 54.4 Å². The molecule has 2 aromatic rings. The van der Waals surface area contributed by atoms with Gasteiger partial charge in [-0.15, -0.1) is 0 Å². The van der Waals surface area contributed by atoms with Crippen LogP contribution in [-0.4, -0.2) is 31.0 Å². The number of hydrogen-bond donors (Lipinski definition) is 1. The number of nitrogens with one attached hydrogen (secondary N) is 1. The van der Waals surface area contributed by atoms with Crippen LogP contribution in [0.2, 0.25) is 0 Å². The second-order valence-electron chi connectivity index (χ2n) is 9.80. The molecule has 39 heavy (non-hydrogen) atoms. The van der Waals surface area contributed by atoms with E-state index in [1.165, 1.54) is 29.4 Å². The number of imide groups is 1. The standard InChI is InChI=1S/C14H17BrO2.C13H12BrNO2.CO2.H2N.Na/c1-3-6-14(13(16)17-2)8-10-4-5-12(15)7-11(10)9-14;14-10-2-1-8-6-13(7-9(8)5-10)4-3-11(16)15-12(13)17;2-1-3;;/h4-5,7H,3,6,8-9H2,1-2H3;1-2,5H,3-4,6-7H2,(H,15,16,17);;1H2;/q;;;-1;+1. The second kappa shape index (κ2) is 15.4. The number of esters is 1. The summed E-state index contributed by atoms with van der Waals surface area (Å²) in [7, 11) is 1.48. The molecule has 1 spiro atoms. The van der Waals surface area contributed by atoms with E-state index in [4.69, 9.17) is 14.3 Å². The molecule has 204 valence electrons. The molecule has 2 aliphatic carbocycles. The number of amides is 2. The zero-order chi connectivity index (χ0) is 27.2. The third kappa shape index (κ3) is 8.19. The quantitative estimate of drug-likeness (QED) is 0.302. The van der Waals surface area contributed by atoms with Crippen LogP contribution < -0.4 is 34.9 Å². The molecule has 5 rings (SSSR count). The molecule has 8 nitrogen and oxygen atoms in total. The second-order valence-corrected chi connectivity index (χ2v) is 11.6. The van der Waals surface area contributed by atoms with E-state index in [9.17, 15) is 14.4 Å². The predicted octanol–water partition coefficient (Wildman–Crippen LogP) is 2.62. The number of methoxy groups -OCH3 is 1. The first-order valence-electron chi connectivity index (χ1n) is 12.1. The Bertz CT molecular complexity index is 1250. The summed E-state index contributed by atoms with van der Waals surface area (Å²) in [5, 5.41) is 2.47. The molecule has 2 unspecified atom stereocenters. The Hall–Kier alpha value is -1.65. The van der Waals surface area contributed by atoms with Crippen LogP contribution in [0.3, 0.4) is 0 Å². The Morgan fingerprint density at radius 2 is 1.44 bits per heavy atom. The van der Waals surface area contributed by atoms with Crippen molar-refractivity contribution in [2.24, 2.45) is 10.8 Å². The van der Waals surface area contributed by atoms with Crippen molar-refractivity contribution >= 4 is 55.8 Å². The molecule has 2 atom stereocenters. The first-order chi connectivity index (χ1) is 17.6. The van der Waals surface area contributed by atoms with Gasteiger partial charge in [-0.2, -0.15) is 9.59 Å². The molecular weight excluding hydrogens is 643 g/mol. The Labute approximate surface area is 267 Å². The van der Waals surface area contributed by atoms with Crippen LogP contribution >= 0.6 is 31.9 Å². The molecule has 0 bridgehead atoms. The van der Waals surface area contributed by atoms with E-state index in [1.54, 1.807) is 0 Å². The molecule has 1 aliphatic heterocycles. The van der Waals surface area contributed by atoms with Crippen molar-refractivity contribution in [3.8, 4) is 0 Å². The topological polar surface area (TPSA) is 140 Å². The van der Waals surface area contributed by atoms with Gasteiger partial charge in [0.1, 0.15) is 0 Å². The average molecular weight is 674 g/mol. The number of carbonyl (C=O) groups is 3. The van der Waals surface area contributed by atoms with E-state index >= 15 is 0 Å². The van der Waals surface area contributed by atoms with Gasteiger partial charge in [-0.1, -0.05) is 57.3 Å². The summed E-state index contributed by atoms with van der Waals surface area (Å²) in [5.41, 5.74) is 4.32. The fraction of sp³-hybridized carbons (Fsp3) is 0.429. The number of rotatable bonds is 3. The number of fused-ring (bicyclic) bond motifs is 2. The molecule has 1 saturated heterocycles. The predicted molar refractivity (Wildman–Crippen MR) is 148 cm³/mol. The number of hydrogen-bond acceptors (Lipinski definition) is 6. The van der Waals surface area contributed by atoms with E-state index < -0.39 is 0 Å². The van der Waals surface area contributed by atoms with Crippen LogP contribution in [0, 0.1) is 10.8 Å². The van der Waals surface area contributed by atoms with Crippen LogP contribution in [0.5, 0.6) is 0 Å². The van der Waals surface area contributed by atoms with Gasteiger partial charge in [0.2, 0.25) is 11.8 Å². The number of ether oxygens (including phenoxy) is 1. The zero-order valence-corrected chi connectivity index (χ0v) is 27.6. The molecule has 2 aromatic carbocycles. The molecule has 3 N–H and O–H groups in total. The normalized spacial score (nSPS) is 21.7. The van der Waals surface area contributed by atoms with E-state index in [1.807, 2.05) is 12.1 Å². The number of benzene rings is 2. The minimum absolute atomic E-state index is 0. The van der Waals surface area contributed by atoms with E-state index in [0.717, 1.165) is 47.5 Å². The summed E-state index contributed by atoms with van der Waals surface area (Å²) >= 11 is 6.93. The molecule has 0 aromatic heterocycles. The minimum atomic E-state index is -0.378. The molecule has 3 aliphatic rings. The maximum absolute atomic E-state index is 12.0. The maximum atomic E-state index is 12.0. The Balaban J connectivity index is 0.000000339. The number of halogens is 2. The van der Waals surface area contributed by atoms with Crippen molar-refractivity contribution in [1.82, 2.24) is 5.32 Å². The van der Waals surface area contributed by atoms with Gasteiger partial charge in [0.15, 0.2) is 0 Å². The van der Waals surface area contributed by atoms with Crippen molar-refractivity contribution in [3.63, 3.8) is 0 Å². The molecule has 2 amide bonds. The summed E-state index contributed by atoms with van der Waals surface area (Å²) < 4.78 is 7.12. The molecular formula is C28H31Br2N2NaO6. The molecule has 1 heterocycles. The first-order valence-corrected chi connectivity index (χ1v) is 13.7. The van der Waals surface area contributed by atoms with Gasteiger partial charge in [-0.05, 0) is 85.0 Å². The third-order valence-electron chi connectivity index (χ3n) is 7.36. The maximum Gasteiger partial charge on any atom is 1.00 e. The molecule has 1 fully saturated rings. The fourth-order valence-corrected chi connectivity index (χ4v) is 6.51.